The molecule has 1 saturated heterocycles. The molecule has 0 saturated carbocycles. The molecule has 0 aliphatic carbocycles. The van der Waals surface area contributed by atoms with Crippen molar-refractivity contribution in [3.63, 3.8) is 0 Å². The number of hydrogen-bond acceptors (Lipinski definition) is 4. The minimum Gasteiger partial charge on any atom is -0.481 e. The summed E-state index contributed by atoms with van der Waals surface area (Å²) in [6.07, 6.45) is 4.95. The molecule has 0 aromatic rings. The lowest BCUT2D eigenvalue weighted by Crippen LogP contribution is -2.49. The number of carboxylic acids is 1. The minimum atomic E-state index is -3.10. The third kappa shape index (κ3) is 3.53. The summed E-state index contributed by atoms with van der Waals surface area (Å²) in [7, 11) is -3.10. The van der Waals surface area contributed by atoms with Crippen molar-refractivity contribution in [2.45, 2.75) is 12.5 Å². The Labute approximate surface area is 89.0 Å². The fourth-order valence-corrected chi connectivity index (χ4v) is 3.23. The number of terminal acetylenes is 1. The van der Waals surface area contributed by atoms with Gasteiger partial charge >= 0.3 is 5.97 Å². The van der Waals surface area contributed by atoms with Gasteiger partial charge < -0.3 is 5.11 Å². The molecule has 1 atom stereocenters. The SMILES string of the molecule is C#CCN1CCS(=O)(=O)CC1CC(=O)O. The van der Waals surface area contributed by atoms with Crippen LogP contribution in [0.1, 0.15) is 6.42 Å². The van der Waals surface area contributed by atoms with Gasteiger partial charge in [-0.2, -0.15) is 0 Å². The predicted molar refractivity (Wildman–Crippen MR) is 55.1 cm³/mol. The van der Waals surface area contributed by atoms with Gasteiger partial charge in [0.1, 0.15) is 0 Å². The highest BCUT2D eigenvalue weighted by molar-refractivity contribution is 7.91. The summed E-state index contributed by atoms with van der Waals surface area (Å²) in [4.78, 5) is 12.3. The van der Waals surface area contributed by atoms with Gasteiger partial charge in [-0.15, -0.1) is 6.42 Å². The molecule has 1 heterocycles. The first kappa shape index (κ1) is 12.0. The van der Waals surface area contributed by atoms with E-state index in [1.165, 1.54) is 0 Å². The lowest BCUT2D eigenvalue weighted by Gasteiger charge is -2.32. The third-order valence-corrected chi connectivity index (χ3v) is 4.05. The second-order valence-corrected chi connectivity index (χ2v) is 5.77. The average molecular weight is 231 g/mol. The first-order valence-electron chi connectivity index (χ1n) is 4.54. The van der Waals surface area contributed by atoms with Crippen molar-refractivity contribution >= 4 is 15.8 Å². The summed E-state index contributed by atoms with van der Waals surface area (Å²) < 4.78 is 22.6. The van der Waals surface area contributed by atoms with Crippen LogP contribution in [-0.4, -0.2) is 55.0 Å². The first-order chi connectivity index (χ1) is 6.94. The molecule has 84 valence electrons. The van der Waals surface area contributed by atoms with Gasteiger partial charge in [-0.05, 0) is 0 Å². The van der Waals surface area contributed by atoms with Gasteiger partial charge in [0.15, 0.2) is 9.84 Å². The van der Waals surface area contributed by atoms with Gasteiger partial charge in [-0.25, -0.2) is 8.42 Å². The van der Waals surface area contributed by atoms with Crippen molar-refractivity contribution in [1.82, 2.24) is 4.90 Å². The van der Waals surface area contributed by atoms with Crippen LogP contribution in [0.25, 0.3) is 0 Å². The highest BCUT2D eigenvalue weighted by Crippen LogP contribution is 2.14. The van der Waals surface area contributed by atoms with Crippen LogP contribution < -0.4 is 0 Å². The van der Waals surface area contributed by atoms with Crippen molar-refractivity contribution in [2.75, 3.05) is 24.6 Å². The van der Waals surface area contributed by atoms with E-state index in [2.05, 4.69) is 5.92 Å². The van der Waals surface area contributed by atoms with E-state index < -0.39 is 21.8 Å². The zero-order valence-corrected chi connectivity index (χ0v) is 9.03. The molecule has 6 heteroatoms. The topological polar surface area (TPSA) is 74.7 Å². The van der Waals surface area contributed by atoms with Crippen LogP contribution >= 0.6 is 0 Å². The molecule has 0 spiro atoms. The van der Waals surface area contributed by atoms with E-state index in [0.717, 1.165) is 0 Å². The van der Waals surface area contributed by atoms with Crippen molar-refractivity contribution in [3.8, 4) is 12.3 Å². The largest absolute Gasteiger partial charge is 0.481 e. The van der Waals surface area contributed by atoms with Gasteiger partial charge in [0.2, 0.25) is 0 Å². The molecule has 0 aromatic heterocycles. The van der Waals surface area contributed by atoms with Crippen LogP contribution in [0.3, 0.4) is 0 Å². The highest BCUT2D eigenvalue weighted by Gasteiger charge is 2.31. The Bertz CT molecular complexity index is 381. The molecule has 15 heavy (non-hydrogen) atoms. The predicted octanol–water partition coefficient (Wildman–Crippen LogP) is -0.807. The molecule has 1 aliphatic rings. The van der Waals surface area contributed by atoms with E-state index in [-0.39, 0.29) is 17.9 Å². The molecule has 1 rings (SSSR count). The van der Waals surface area contributed by atoms with E-state index in [1.807, 2.05) is 0 Å². The fourth-order valence-electron chi connectivity index (χ4n) is 1.64. The number of rotatable bonds is 3. The quantitative estimate of drug-likeness (QED) is 0.643. The van der Waals surface area contributed by atoms with Gasteiger partial charge in [0, 0.05) is 12.6 Å². The maximum Gasteiger partial charge on any atom is 0.304 e. The molecule has 1 N–H and O–H groups in total. The zero-order chi connectivity index (χ0) is 11.5. The molecule has 0 radical (unpaired) electrons. The van der Waals surface area contributed by atoms with Crippen LogP contribution in [0.15, 0.2) is 0 Å². The number of nitrogens with zero attached hydrogens (tertiary/aromatic N) is 1. The summed E-state index contributed by atoms with van der Waals surface area (Å²) in [5, 5.41) is 8.65. The Balaban J connectivity index is 2.74. The van der Waals surface area contributed by atoms with E-state index in [4.69, 9.17) is 11.5 Å². The lowest BCUT2D eigenvalue weighted by molar-refractivity contribution is -0.138. The van der Waals surface area contributed by atoms with E-state index in [9.17, 15) is 13.2 Å². The third-order valence-electron chi connectivity index (χ3n) is 2.36. The maximum atomic E-state index is 11.3. The maximum absolute atomic E-state index is 11.3. The molecule has 1 unspecified atom stereocenters. The molecular weight excluding hydrogens is 218 g/mol. The monoisotopic (exact) mass is 231 g/mol. The molecule has 5 nitrogen and oxygen atoms in total. The normalized spacial score (nSPS) is 25.7. The molecule has 0 aromatic carbocycles. The van der Waals surface area contributed by atoms with Crippen LogP contribution in [0.4, 0.5) is 0 Å². The highest BCUT2D eigenvalue weighted by atomic mass is 32.2. The summed E-state index contributed by atoms with van der Waals surface area (Å²) in [5.41, 5.74) is 0. The number of carboxylic acid groups (broad SMARTS) is 1. The molecule has 1 aliphatic heterocycles. The second-order valence-electron chi connectivity index (χ2n) is 3.54. The standard InChI is InChI=1S/C9H13NO4S/c1-2-3-10-4-5-15(13,14)7-8(10)6-9(11)12/h1,8H,3-7H2,(H,11,12). The lowest BCUT2D eigenvalue weighted by atomic mass is 10.2. The Morgan fingerprint density at radius 1 is 1.60 bits per heavy atom. The Morgan fingerprint density at radius 2 is 2.27 bits per heavy atom. The van der Waals surface area contributed by atoms with Crippen LogP contribution in [0, 0.1) is 12.3 Å². The molecule has 0 bridgehead atoms. The minimum absolute atomic E-state index is 0.0603. The van der Waals surface area contributed by atoms with E-state index in [1.54, 1.807) is 4.90 Å². The summed E-state index contributed by atoms with van der Waals surface area (Å²) in [6, 6.07) is -0.489. The van der Waals surface area contributed by atoms with Crippen LogP contribution in [-0.2, 0) is 14.6 Å². The molecule has 1 fully saturated rings. The molecule has 0 amide bonds. The first-order valence-corrected chi connectivity index (χ1v) is 6.36. The number of aliphatic carboxylic acids is 1. The second kappa shape index (κ2) is 4.64. The Morgan fingerprint density at radius 3 is 2.80 bits per heavy atom. The summed E-state index contributed by atoms with van der Waals surface area (Å²) in [5.74, 6) is 1.36. The summed E-state index contributed by atoms with van der Waals surface area (Å²) >= 11 is 0. The van der Waals surface area contributed by atoms with Gasteiger partial charge in [-0.3, -0.25) is 9.69 Å². The van der Waals surface area contributed by atoms with Crippen LogP contribution in [0.5, 0.6) is 0 Å². The smallest absolute Gasteiger partial charge is 0.304 e. The molecular formula is C9H13NO4S. The van der Waals surface area contributed by atoms with Gasteiger partial charge in [0.25, 0.3) is 0 Å². The Hall–Kier alpha value is -1.06. The Kier molecular flexibility index (Phi) is 3.72. The van der Waals surface area contributed by atoms with Crippen molar-refractivity contribution in [1.29, 1.82) is 0 Å². The van der Waals surface area contributed by atoms with Crippen molar-refractivity contribution < 1.29 is 18.3 Å². The van der Waals surface area contributed by atoms with Gasteiger partial charge in [0.05, 0.1) is 24.5 Å². The number of hydrogen-bond donors (Lipinski definition) is 1. The van der Waals surface area contributed by atoms with Crippen LogP contribution in [0.2, 0.25) is 0 Å². The summed E-state index contributed by atoms with van der Waals surface area (Å²) in [6.45, 7) is 0.623. The fraction of sp³-hybridized carbons (Fsp3) is 0.667. The van der Waals surface area contributed by atoms with Crippen molar-refractivity contribution in [3.05, 3.63) is 0 Å². The zero-order valence-electron chi connectivity index (χ0n) is 8.22. The van der Waals surface area contributed by atoms with E-state index >= 15 is 0 Å². The number of sulfone groups is 1. The van der Waals surface area contributed by atoms with Gasteiger partial charge in [-0.1, -0.05) is 5.92 Å². The number of carbonyl (C=O) groups is 1. The van der Waals surface area contributed by atoms with Crippen molar-refractivity contribution in [2.24, 2.45) is 0 Å². The average Bonchev–Trinajstić information content (AvgIpc) is 2.08. The van der Waals surface area contributed by atoms with E-state index in [0.29, 0.717) is 13.1 Å².